The van der Waals surface area contributed by atoms with E-state index in [2.05, 4.69) is 5.32 Å². The first-order valence-electron chi connectivity index (χ1n) is 5.20. The summed E-state index contributed by atoms with van der Waals surface area (Å²) in [5, 5.41) is 13.6. The van der Waals surface area contributed by atoms with Crippen LogP contribution in [0.3, 0.4) is 0 Å². The fourth-order valence-corrected chi connectivity index (χ4v) is 1.65. The summed E-state index contributed by atoms with van der Waals surface area (Å²) in [6.45, 7) is -0.128. The summed E-state index contributed by atoms with van der Waals surface area (Å²) in [6.07, 6.45) is 0.128. The van der Waals surface area contributed by atoms with Crippen LogP contribution in [0.5, 0.6) is 0 Å². The second-order valence-corrected chi connectivity index (χ2v) is 3.55. The molecule has 0 saturated carbocycles. The maximum atomic E-state index is 11.4. The highest BCUT2D eigenvalue weighted by molar-refractivity contribution is 6.02. The molecular formula is C13H13NO2. The molecule has 0 aliphatic heterocycles. The van der Waals surface area contributed by atoms with Crippen molar-refractivity contribution < 1.29 is 9.90 Å². The second kappa shape index (κ2) is 4.77. The highest BCUT2D eigenvalue weighted by atomic mass is 16.3. The van der Waals surface area contributed by atoms with Crippen LogP contribution in [0.2, 0.25) is 0 Å². The van der Waals surface area contributed by atoms with Gasteiger partial charge in [0.25, 0.3) is 0 Å². The second-order valence-electron chi connectivity index (χ2n) is 3.55. The first-order chi connectivity index (χ1) is 7.81. The van der Waals surface area contributed by atoms with Gasteiger partial charge in [0, 0.05) is 11.1 Å². The summed E-state index contributed by atoms with van der Waals surface area (Å²) in [5.41, 5.74) is 0.788. The Balaban J connectivity index is 2.33. The van der Waals surface area contributed by atoms with Crippen molar-refractivity contribution in [2.75, 3.05) is 11.9 Å². The molecular weight excluding hydrogens is 202 g/mol. The van der Waals surface area contributed by atoms with E-state index in [0.717, 1.165) is 16.5 Å². The summed E-state index contributed by atoms with van der Waals surface area (Å²) in [7, 11) is 0. The number of aliphatic hydroxyl groups excluding tert-OH is 1. The summed E-state index contributed by atoms with van der Waals surface area (Å²) in [4.78, 5) is 11.4. The predicted molar refractivity (Wildman–Crippen MR) is 64.3 cm³/mol. The molecule has 1 amide bonds. The van der Waals surface area contributed by atoms with Gasteiger partial charge in [-0.3, -0.25) is 4.79 Å². The molecule has 0 aliphatic rings. The van der Waals surface area contributed by atoms with Crippen molar-refractivity contribution in [1.82, 2.24) is 0 Å². The lowest BCUT2D eigenvalue weighted by atomic mass is 10.1. The summed E-state index contributed by atoms with van der Waals surface area (Å²) in [6, 6.07) is 13.6. The lowest BCUT2D eigenvalue weighted by Gasteiger charge is -2.07. The fraction of sp³-hybridized carbons (Fsp3) is 0.154. The Kier molecular flexibility index (Phi) is 3.17. The van der Waals surface area contributed by atoms with E-state index in [1.54, 1.807) is 0 Å². The lowest BCUT2D eigenvalue weighted by Crippen LogP contribution is -2.12. The topological polar surface area (TPSA) is 49.3 Å². The van der Waals surface area contributed by atoms with Gasteiger partial charge >= 0.3 is 0 Å². The Morgan fingerprint density at radius 3 is 2.69 bits per heavy atom. The molecule has 2 N–H and O–H groups in total. The zero-order valence-corrected chi connectivity index (χ0v) is 8.81. The van der Waals surface area contributed by atoms with Gasteiger partial charge in [-0.05, 0) is 11.5 Å². The lowest BCUT2D eigenvalue weighted by molar-refractivity contribution is -0.116. The van der Waals surface area contributed by atoms with E-state index in [4.69, 9.17) is 5.11 Å². The maximum Gasteiger partial charge on any atom is 0.226 e. The Bertz CT molecular complexity index is 503. The van der Waals surface area contributed by atoms with E-state index < -0.39 is 0 Å². The standard InChI is InChI=1S/C13H13NO2/c15-9-8-13(16)14-12-7-3-5-10-4-1-2-6-11(10)12/h1-7,15H,8-9H2,(H,14,16). The first kappa shape index (κ1) is 10.6. The minimum absolute atomic E-state index is 0.128. The number of aliphatic hydroxyl groups is 1. The Hall–Kier alpha value is -1.87. The average molecular weight is 215 g/mol. The third-order valence-corrected chi connectivity index (χ3v) is 2.40. The van der Waals surface area contributed by atoms with Crippen molar-refractivity contribution in [3.05, 3.63) is 42.5 Å². The molecule has 3 nitrogen and oxygen atoms in total. The van der Waals surface area contributed by atoms with Gasteiger partial charge in [-0.2, -0.15) is 0 Å². The van der Waals surface area contributed by atoms with Crippen LogP contribution >= 0.6 is 0 Å². The first-order valence-corrected chi connectivity index (χ1v) is 5.20. The molecule has 0 heterocycles. The van der Waals surface area contributed by atoms with Crippen LogP contribution in [0.15, 0.2) is 42.5 Å². The predicted octanol–water partition coefficient (Wildman–Crippen LogP) is 2.16. The minimum atomic E-state index is -0.168. The number of carbonyl (C=O) groups excluding carboxylic acids is 1. The molecule has 2 aromatic rings. The van der Waals surface area contributed by atoms with Crippen LogP contribution in [0.25, 0.3) is 10.8 Å². The number of anilines is 1. The number of amides is 1. The molecule has 0 unspecified atom stereocenters. The van der Waals surface area contributed by atoms with Crippen LogP contribution < -0.4 is 5.32 Å². The molecule has 0 spiro atoms. The van der Waals surface area contributed by atoms with E-state index in [0.29, 0.717) is 0 Å². The van der Waals surface area contributed by atoms with Crippen molar-refractivity contribution in [2.45, 2.75) is 6.42 Å². The largest absolute Gasteiger partial charge is 0.396 e. The van der Waals surface area contributed by atoms with Crippen molar-refractivity contribution in [1.29, 1.82) is 0 Å². The Morgan fingerprint density at radius 2 is 1.88 bits per heavy atom. The highest BCUT2D eigenvalue weighted by Crippen LogP contribution is 2.22. The zero-order valence-electron chi connectivity index (χ0n) is 8.81. The minimum Gasteiger partial charge on any atom is -0.396 e. The van der Waals surface area contributed by atoms with Crippen LogP contribution in [-0.2, 0) is 4.79 Å². The van der Waals surface area contributed by atoms with E-state index >= 15 is 0 Å². The molecule has 82 valence electrons. The van der Waals surface area contributed by atoms with Gasteiger partial charge < -0.3 is 10.4 Å². The molecule has 0 saturated heterocycles. The van der Waals surface area contributed by atoms with E-state index in [1.165, 1.54) is 0 Å². The molecule has 2 aromatic carbocycles. The molecule has 2 rings (SSSR count). The quantitative estimate of drug-likeness (QED) is 0.824. The fourth-order valence-electron chi connectivity index (χ4n) is 1.65. The average Bonchev–Trinajstić information content (AvgIpc) is 2.30. The van der Waals surface area contributed by atoms with Crippen LogP contribution in [0, 0.1) is 0 Å². The Labute approximate surface area is 93.7 Å². The van der Waals surface area contributed by atoms with E-state index in [9.17, 15) is 4.79 Å². The highest BCUT2D eigenvalue weighted by Gasteiger charge is 2.04. The van der Waals surface area contributed by atoms with Gasteiger partial charge in [0.1, 0.15) is 0 Å². The Morgan fingerprint density at radius 1 is 1.12 bits per heavy atom. The zero-order chi connectivity index (χ0) is 11.4. The van der Waals surface area contributed by atoms with E-state index in [-0.39, 0.29) is 18.9 Å². The molecule has 0 bridgehead atoms. The molecule has 3 heteroatoms. The van der Waals surface area contributed by atoms with Gasteiger partial charge in [-0.15, -0.1) is 0 Å². The monoisotopic (exact) mass is 215 g/mol. The number of hydrogen-bond donors (Lipinski definition) is 2. The number of rotatable bonds is 3. The van der Waals surface area contributed by atoms with Gasteiger partial charge in [0.2, 0.25) is 5.91 Å². The number of benzene rings is 2. The van der Waals surface area contributed by atoms with Crippen molar-refractivity contribution in [3.8, 4) is 0 Å². The molecule has 0 aliphatic carbocycles. The van der Waals surface area contributed by atoms with Crippen molar-refractivity contribution in [3.63, 3.8) is 0 Å². The van der Waals surface area contributed by atoms with Crippen LogP contribution in [-0.4, -0.2) is 17.6 Å². The molecule has 0 atom stereocenters. The number of carbonyl (C=O) groups is 1. The van der Waals surface area contributed by atoms with Crippen LogP contribution in [0.4, 0.5) is 5.69 Å². The summed E-state index contributed by atoms with van der Waals surface area (Å²) in [5.74, 6) is -0.168. The third-order valence-electron chi connectivity index (χ3n) is 2.40. The normalized spacial score (nSPS) is 10.3. The molecule has 16 heavy (non-hydrogen) atoms. The van der Waals surface area contributed by atoms with Gasteiger partial charge in [0.15, 0.2) is 0 Å². The van der Waals surface area contributed by atoms with Crippen LogP contribution in [0.1, 0.15) is 6.42 Å². The smallest absolute Gasteiger partial charge is 0.226 e. The van der Waals surface area contributed by atoms with Gasteiger partial charge in [0.05, 0.1) is 13.0 Å². The number of nitrogens with one attached hydrogen (secondary N) is 1. The third kappa shape index (κ3) is 2.20. The maximum absolute atomic E-state index is 11.4. The molecule has 0 fully saturated rings. The SMILES string of the molecule is O=C(CCO)Nc1cccc2ccccc12. The van der Waals surface area contributed by atoms with Gasteiger partial charge in [-0.1, -0.05) is 36.4 Å². The van der Waals surface area contributed by atoms with E-state index in [1.807, 2.05) is 42.5 Å². The number of fused-ring (bicyclic) bond motifs is 1. The number of hydrogen-bond acceptors (Lipinski definition) is 2. The van der Waals surface area contributed by atoms with Crippen molar-refractivity contribution >= 4 is 22.4 Å². The van der Waals surface area contributed by atoms with Gasteiger partial charge in [-0.25, -0.2) is 0 Å². The van der Waals surface area contributed by atoms with Crippen molar-refractivity contribution in [2.24, 2.45) is 0 Å². The summed E-state index contributed by atoms with van der Waals surface area (Å²) >= 11 is 0. The molecule has 0 radical (unpaired) electrons. The molecule has 0 aromatic heterocycles. The summed E-state index contributed by atoms with van der Waals surface area (Å²) < 4.78 is 0.